The Kier molecular flexibility index (Phi) is 10.4. The molecule has 2 aromatic carbocycles. The fraction of sp³-hybridized carbons (Fsp3) is 0.458. The fourth-order valence-electron chi connectivity index (χ4n) is 3.74. The maximum absolute atomic E-state index is 6.14. The van der Waals surface area contributed by atoms with Crippen LogP contribution in [0.15, 0.2) is 47.5 Å². The number of guanidine groups is 1. The number of methoxy groups -OCH3 is 1. The summed E-state index contributed by atoms with van der Waals surface area (Å²) in [5, 5.41) is 6.81. The SMILES string of the molecule is CCOc1cc(NC(=NC)NCC2CCCOC2c2ccc(C)cc2)ccc1OC.I. The van der Waals surface area contributed by atoms with E-state index >= 15 is 0 Å². The lowest BCUT2D eigenvalue weighted by Gasteiger charge is -2.32. The zero-order valence-electron chi connectivity index (χ0n) is 18.8. The van der Waals surface area contributed by atoms with Crippen LogP contribution < -0.4 is 20.1 Å². The van der Waals surface area contributed by atoms with Crippen molar-refractivity contribution in [2.75, 3.05) is 39.2 Å². The first-order valence-electron chi connectivity index (χ1n) is 10.6. The topological polar surface area (TPSA) is 64.1 Å². The second kappa shape index (κ2) is 12.8. The van der Waals surface area contributed by atoms with Gasteiger partial charge in [0, 0.05) is 37.9 Å². The molecule has 6 nitrogen and oxygen atoms in total. The summed E-state index contributed by atoms with van der Waals surface area (Å²) >= 11 is 0. The summed E-state index contributed by atoms with van der Waals surface area (Å²) in [4.78, 5) is 4.38. The lowest BCUT2D eigenvalue weighted by atomic mass is 9.89. The average molecular weight is 539 g/mol. The molecule has 0 spiro atoms. The summed E-state index contributed by atoms with van der Waals surface area (Å²) in [6.07, 6.45) is 2.31. The summed E-state index contributed by atoms with van der Waals surface area (Å²) in [6, 6.07) is 14.4. The van der Waals surface area contributed by atoms with Crippen LogP contribution in [0.4, 0.5) is 5.69 Å². The number of hydrogen-bond donors (Lipinski definition) is 2. The van der Waals surface area contributed by atoms with Crippen molar-refractivity contribution in [3.05, 3.63) is 53.6 Å². The van der Waals surface area contributed by atoms with Crippen LogP contribution in [0.2, 0.25) is 0 Å². The maximum Gasteiger partial charge on any atom is 0.195 e. The molecule has 0 radical (unpaired) electrons. The van der Waals surface area contributed by atoms with E-state index in [9.17, 15) is 0 Å². The molecule has 0 saturated carbocycles. The highest BCUT2D eigenvalue weighted by molar-refractivity contribution is 14.0. The van der Waals surface area contributed by atoms with Crippen molar-refractivity contribution in [3.63, 3.8) is 0 Å². The Morgan fingerprint density at radius 1 is 1.16 bits per heavy atom. The smallest absolute Gasteiger partial charge is 0.195 e. The molecule has 2 unspecified atom stereocenters. The molecular weight excluding hydrogens is 505 g/mol. The number of anilines is 1. The number of aryl methyl sites for hydroxylation is 1. The van der Waals surface area contributed by atoms with Gasteiger partial charge in [0.2, 0.25) is 0 Å². The number of aliphatic imine (C=N–C) groups is 1. The molecule has 1 fully saturated rings. The summed E-state index contributed by atoms with van der Waals surface area (Å²) in [7, 11) is 3.42. The van der Waals surface area contributed by atoms with E-state index in [4.69, 9.17) is 14.2 Å². The van der Waals surface area contributed by atoms with Crippen LogP contribution in [0, 0.1) is 12.8 Å². The average Bonchev–Trinajstić information content (AvgIpc) is 2.78. The second-order valence-corrected chi connectivity index (χ2v) is 7.48. The van der Waals surface area contributed by atoms with Gasteiger partial charge in [0.25, 0.3) is 0 Å². The number of rotatable bonds is 7. The number of ether oxygens (including phenoxy) is 3. The number of halogens is 1. The zero-order chi connectivity index (χ0) is 21.3. The van der Waals surface area contributed by atoms with Gasteiger partial charge >= 0.3 is 0 Å². The van der Waals surface area contributed by atoms with Gasteiger partial charge < -0.3 is 24.8 Å². The first-order chi connectivity index (χ1) is 14.6. The maximum atomic E-state index is 6.14. The Balaban J connectivity index is 0.00000341. The number of hydrogen-bond acceptors (Lipinski definition) is 4. The van der Waals surface area contributed by atoms with Gasteiger partial charge in [-0.15, -0.1) is 24.0 Å². The van der Waals surface area contributed by atoms with E-state index in [0.29, 0.717) is 24.0 Å². The van der Waals surface area contributed by atoms with Crippen molar-refractivity contribution in [2.45, 2.75) is 32.8 Å². The van der Waals surface area contributed by atoms with E-state index in [1.807, 2.05) is 25.1 Å². The molecule has 0 bridgehead atoms. The summed E-state index contributed by atoms with van der Waals surface area (Å²) < 4.78 is 17.2. The molecular formula is C24H34IN3O3. The molecule has 0 amide bonds. The van der Waals surface area contributed by atoms with Crippen molar-refractivity contribution in [1.29, 1.82) is 0 Å². The van der Waals surface area contributed by atoms with E-state index < -0.39 is 0 Å². The van der Waals surface area contributed by atoms with Crippen LogP contribution in [0.25, 0.3) is 0 Å². The number of nitrogens with zero attached hydrogens (tertiary/aromatic N) is 1. The van der Waals surface area contributed by atoms with E-state index in [1.165, 1.54) is 11.1 Å². The molecule has 2 aromatic rings. The molecule has 1 saturated heterocycles. The van der Waals surface area contributed by atoms with Crippen molar-refractivity contribution < 1.29 is 14.2 Å². The first-order valence-corrected chi connectivity index (χ1v) is 10.6. The predicted molar refractivity (Wildman–Crippen MR) is 137 cm³/mol. The van der Waals surface area contributed by atoms with Gasteiger partial charge in [-0.25, -0.2) is 0 Å². The van der Waals surface area contributed by atoms with Crippen molar-refractivity contribution >= 4 is 35.6 Å². The standard InChI is InChI=1S/C24H33N3O3.HI/c1-5-29-22-15-20(12-13-21(22)28-4)27-24(25-3)26-16-19-7-6-14-30-23(19)18-10-8-17(2)9-11-18;/h8-13,15,19,23H,5-7,14,16H2,1-4H3,(H2,25,26,27);1H. The van der Waals surface area contributed by atoms with E-state index in [1.54, 1.807) is 14.2 Å². The van der Waals surface area contributed by atoms with Gasteiger partial charge in [-0.1, -0.05) is 29.8 Å². The van der Waals surface area contributed by atoms with Crippen molar-refractivity contribution in [2.24, 2.45) is 10.9 Å². The molecule has 0 aromatic heterocycles. The van der Waals surface area contributed by atoms with E-state index in [2.05, 4.69) is 46.8 Å². The lowest BCUT2D eigenvalue weighted by molar-refractivity contribution is -0.0264. The van der Waals surface area contributed by atoms with Crippen LogP contribution in [0.5, 0.6) is 11.5 Å². The van der Waals surface area contributed by atoms with Crippen molar-refractivity contribution in [1.82, 2.24) is 5.32 Å². The molecule has 1 aliphatic heterocycles. The minimum Gasteiger partial charge on any atom is -0.493 e. The third-order valence-corrected chi connectivity index (χ3v) is 5.33. The molecule has 31 heavy (non-hydrogen) atoms. The van der Waals surface area contributed by atoms with Crippen LogP contribution in [-0.2, 0) is 4.74 Å². The number of nitrogens with one attached hydrogen (secondary N) is 2. The zero-order valence-corrected chi connectivity index (χ0v) is 21.1. The van der Waals surface area contributed by atoms with Crippen LogP contribution in [0.3, 0.4) is 0 Å². The molecule has 7 heteroatoms. The summed E-state index contributed by atoms with van der Waals surface area (Å²) in [5.74, 6) is 2.52. The minimum atomic E-state index is 0. The normalized spacial score (nSPS) is 18.6. The first kappa shape index (κ1) is 25.3. The highest BCUT2D eigenvalue weighted by Gasteiger charge is 2.27. The van der Waals surface area contributed by atoms with Crippen LogP contribution in [0.1, 0.15) is 37.0 Å². The van der Waals surface area contributed by atoms with E-state index in [0.717, 1.165) is 37.6 Å². The molecule has 2 atom stereocenters. The second-order valence-electron chi connectivity index (χ2n) is 7.48. The molecule has 1 aliphatic rings. The Labute approximate surface area is 202 Å². The highest BCUT2D eigenvalue weighted by Crippen LogP contribution is 2.33. The molecule has 1 heterocycles. The fourth-order valence-corrected chi connectivity index (χ4v) is 3.74. The Bertz CT molecular complexity index is 842. The predicted octanol–water partition coefficient (Wildman–Crippen LogP) is 5.18. The van der Waals surface area contributed by atoms with E-state index in [-0.39, 0.29) is 30.1 Å². The summed E-state index contributed by atoms with van der Waals surface area (Å²) in [5.41, 5.74) is 3.40. The molecule has 0 aliphatic carbocycles. The lowest BCUT2D eigenvalue weighted by Crippen LogP contribution is -2.38. The van der Waals surface area contributed by atoms with Gasteiger partial charge in [-0.3, -0.25) is 4.99 Å². The summed E-state index contributed by atoms with van der Waals surface area (Å²) in [6.45, 7) is 6.24. The van der Waals surface area contributed by atoms with Gasteiger partial charge in [0.15, 0.2) is 17.5 Å². The highest BCUT2D eigenvalue weighted by atomic mass is 127. The van der Waals surface area contributed by atoms with Crippen molar-refractivity contribution in [3.8, 4) is 11.5 Å². The monoisotopic (exact) mass is 539 g/mol. The van der Waals surface area contributed by atoms with Gasteiger partial charge in [-0.2, -0.15) is 0 Å². The Morgan fingerprint density at radius 3 is 2.61 bits per heavy atom. The Morgan fingerprint density at radius 2 is 1.94 bits per heavy atom. The Hall–Kier alpha value is -2.00. The van der Waals surface area contributed by atoms with Gasteiger partial charge in [-0.05, 0) is 44.4 Å². The minimum absolute atomic E-state index is 0. The third-order valence-electron chi connectivity index (χ3n) is 5.33. The van der Waals surface area contributed by atoms with Gasteiger partial charge in [0.1, 0.15) is 0 Å². The molecule has 2 N–H and O–H groups in total. The van der Waals surface area contributed by atoms with Gasteiger partial charge in [0.05, 0.1) is 19.8 Å². The van der Waals surface area contributed by atoms with Crippen LogP contribution in [-0.4, -0.2) is 39.9 Å². The number of benzene rings is 2. The quantitative estimate of drug-likeness (QED) is 0.289. The molecule has 170 valence electrons. The third kappa shape index (κ3) is 7.00. The van der Waals surface area contributed by atoms with Crippen LogP contribution >= 0.6 is 24.0 Å². The molecule has 3 rings (SSSR count). The largest absolute Gasteiger partial charge is 0.493 e.